The molecular weight excluding hydrogens is 302 g/mol. The normalized spacial score (nSPS) is 16.7. The summed E-state index contributed by atoms with van der Waals surface area (Å²) in [5.74, 6) is 0. The molecule has 126 valence electrons. The number of carbonyl (C=O) groups is 1. The van der Waals surface area contributed by atoms with Gasteiger partial charge in [-0.15, -0.1) is 0 Å². The van der Waals surface area contributed by atoms with E-state index in [4.69, 9.17) is 4.74 Å². The zero-order valence-corrected chi connectivity index (χ0v) is 13.9. The lowest BCUT2D eigenvalue weighted by Crippen LogP contribution is -2.45. The van der Waals surface area contributed by atoms with E-state index in [9.17, 15) is 9.90 Å². The van der Waals surface area contributed by atoms with Gasteiger partial charge in [-0.1, -0.05) is 54.6 Å². The van der Waals surface area contributed by atoms with Gasteiger partial charge in [0.15, 0.2) is 0 Å². The Morgan fingerprint density at radius 1 is 1.04 bits per heavy atom. The first-order chi connectivity index (χ1) is 11.6. The van der Waals surface area contributed by atoms with Crippen LogP contribution in [0, 0.1) is 0 Å². The number of carbonyl (C=O) groups excluding carboxylic acids is 1. The third kappa shape index (κ3) is 3.44. The largest absolute Gasteiger partial charge is 0.450 e. The van der Waals surface area contributed by atoms with Gasteiger partial charge in [0.25, 0.3) is 0 Å². The molecule has 1 saturated heterocycles. The third-order valence-electron chi connectivity index (χ3n) is 4.65. The topological polar surface area (TPSA) is 49.8 Å². The molecule has 1 N–H and O–H groups in total. The summed E-state index contributed by atoms with van der Waals surface area (Å²) in [6.07, 6.45) is 0.756. The first-order valence-electron chi connectivity index (χ1n) is 8.42. The van der Waals surface area contributed by atoms with E-state index in [0.29, 0.717) is 32.5 Å². The SMILES string of the molecule is CCOC(=O)N1CCC(O)(c2ccc(-c3ccccc3)cc2)CC1. The maximum absolute atomic E-state index is 11.8. The summed E-state index contributed by atoms with van der Waals surface area (Å²) < 4.78 is 5.03. The minimum absolute atomic E-state index is 0.293. The van der Waals surface area contributed by atoms with Gasteiger partial charge in [-0.2, -0.15) is 0 Å². The van der Waals surface area contributed by atoms with Crippen LogP contribution in [0.15, 0.2) is 54.6 Å². The summed E-state index contributed by atoms with van der Waals surface area (Å²) in [5.41, 5.74) is 2.32. The maximum atomic E-state index is 11.8. The number of hydrogen-bond donors (Lipinski definition) is 1. The van der Waals surface area contributed by atoms with Crippen molar-refractivity contribution in [1.29, 1.82) is 0 Å². The molecule has 1 fully saturated rings. The van der Waals surface area contributed by atoms with Crippen LogP contribution >= 0.6 is 0 Å². The average Bonchev–Trinajstić information content (AvgIpc) is 2.63. The number of nitrogens with zero attached hydrogens (tertiary/aromatic N) is 1. The van der Waals surface area contributed by atoms with Crippen LogP contribution in [-0.4, -0.2) is 35.8 Å². The maximum Gasteiger partial charge on any atom is 0.409 e. The molecule has 0 unspecified atom stereocenters. The molecule has 0 radical (unpaired) electrons. The van der Waals surface area contributed by atoms with Crippen LogP contribution in [-0.2, 0) is 10.3 Å². The molecule has 1 heterocycles. The Kier molecular flexibility index (Phi) is 4.86. The lowest BCUT2D eigenvalue weighted by molar-refractivity contribution is -0.0244. The predicted molar refractivity (Wildman–Crippen MR) is 93.6 cm³/mol. The summed E-state index contributed by atoms with van der Waals surface area (Å²) in [4.78, 5) is 13.4. The van der Waals surface area contributed by atoms with Crippen LogP contribution in [0.4, 0.5) is 4.79 Å². The van der Waals surface area contributed by atoms with Crippen LogP contribution in [0.5, 0.6) is 0 Å². The molecule has 1 aliphatic rings. The van der Waals surface area contributed by atoms with E-state index >= 15 is 0 Å². The molecule has 24 heavy (non-hydrogen) atoms. The highest BCUT2D eigenvalue weighted by Crippen LogP contribution is 2.34. The monoisotopic (exact) mass is 325 g/mol. The van der Waals surface area contributed by atoms with Gasteiger partial charge in [0.1, 0.15) is 0 Å². The van der Waals surface area contributed by atoms with Crippen molar-refractivity contribution in [3.63, 3.8) is 0 Å². The van der Waals surface area contributed by atoms with E-state index < -0.39 is 5.60 Å². The van der Waals surface area contributed by atoms with Gasteiger partial charge >= 0.3 is 6.09 Å². The number of likely N-dealkylation sites (tertiary alicyclic amines) is 1. The Balaban J connectivity index is 1.69. The van der Waals surface area contributed by atoms with Gasteiger partial charge in [0.05, 0.1) is 12.2 Å². The highest BCUT2D eigenvalue weighted by atomic mass is 16.6. The smallest absolute Gasteiger partial charge is 0.409 e. The minimum atomic E-state index is -0.877. The highest BCUT2D eigenvalue weighted by molar-refractivity contribution is 5.68. The third-order valence-corrected chi connectivity index (χ3v) is 4.65. The van der Waals surface area contributed by atoms with Gasteiger partial charge in [-0.05, 0) is 36.5 Å². The molecule has 1 amide bonds. The van der Waals surface area contributed by atoms with Gasteiger partial charge in [0, 0.05) is 13.1 Å². The quantitative estimate of drug-likeness (QED) is 0.934. The molecule has 4 nitrogen and oxygen atoms in total. The summed E-state index contributed by atoms with van der Waals surface area (Å²) in [5, 5.41) is 11.0. The van der Waals surface area contributed by atoms with Crippen molar-refractivity contribution in [3.05, 3.63) is 60.2 Å². The Labute approximate surface area is 142 Å². The van der Waals surface area contributed by atoms with E-state index in [2.05, 4.69) is 12.1 Å². The molecule has 0 spiro atoms. The zero-order valence-electron chi connectivity index (χ0n) is 13.9. The number of aliphatic hydroxyl groups is 1. The van der Waals surface area contributed by atoms with E-state index in [1.807, 2.05) is 42.5 Å². The molecule has 0 aromatic heterocycles. The second-order valence-corrected chi connectivity index (χ2v) is 6.16. The molecular formula is C20H23NO3. The van der Waals surface area contributed by atoms with Crippen molar-refractivity contribution in [2.24, 2.45) is 0 Å². The van der Waals surface area contributed by atoms with Crippen molar-refractivity contribution < 1.29 is 14.6 Å². The lowest BCUT2D eigenvalue weighted by atomic mass is 9.84. The zero-order chi connectivity index (χ0) is 17.0. The number of amides is 1. The fraction of sp³-hybridized carbons (Fsp3) is 0.350. The predicted octanol–water partition coefficient (Wildman–Crippen LogP) is 3.79. The summed E-state index contributed by atoms with van der Waals surface area (Å²) in [6, 6.07) is 18.2. The first kappa shape index (κ1) is 16.5. The van der Waals surface area contributed by atoms with Gasteiger partial charge in [-0.3, -0.25) is 0 Å². The van der Waals surface area contributed by atoms with Crippen molar-refractivity contribution in [2.75, 3.05) is 19.7 Å². The molecule has 0 bridgehead atoms. The molecule has 0 aliphatic carbocycles. The average molecular weight is 325 g/mol. The van der Waals surface area contributed by atoms with Gasteiger partial charge in [-0.25, -0.2) is 4.79 Å². The Bertz CT molecular complexity index is 674. The first-order valence-corrected chi connectivity index (χ1v) is 8.42. The second kappa shape index (κ2) is 7.05. The molecule has 0 saturated carbocycles. The van der Waals surface area contributed by atoms with Crippen LogP contribution < -0.4 is 0 Å². The molecule has 2 aromatic rings. The molecule has 4 heteroatoms. The van der Waals surface area contributed by atoms with Crippen molar-refractivity contribution in [3.8, 4) is 11.1 Å². The Hall–Kier alpha value is -2.33. The van der Waals surface area contributed by atoms with E-state index in [-0.39, 0.29) is 6.09 Å². The van der Waals surface area contributed by atoms with Crippen LogP contribution in [0.3, 0.4) is 0 Å². The standard InChI is InChI=1S/C20H23NO3/c1-2-24-19(22)21-14-12-20(23,13-15-21)18-10-8-17(9-11-18)16-6-4-3-5-7-16/h3-11,23H,2,12-15H2,1H3. The fourth-order valence-electron chi connectivity index (χ4n) is 3.17. The van der Waals surface area contributed by atoms with Gasteiger partial charge < -0.3 is 14.7 Å². The molecule has 3 rings (SSSR count). The minimum Gasteiger partial charge on any atom is -0.450 e. The van der Waals surface area contributed by atoms with Crippen LogP contribution in [0.2, 0.25) is 0 Å². The molecule has 1 aliphatic heterocycles. The van der Waals surface area contributed by atoms with E-state index in [1.165, 1.54) is 0 Å². The number of ether oxygens (including phenoxy) is 1. The van der Waals surface area contributed by atoms with Crippen LogP contribution in [0.25, 0.3) is 11.1 Å². The highest BCUT2D eigenvalue weighted by Gasteiger charge is 2.35. The molecule has 2 aromatic carbocycles. The van der Waals surface area contributed by atoms with Gasteiger partial charge in [0.2, 0.25) is 0 Å². The Morgan fingerprint density at radius 2 is 1.62 bits per heavy atom. The number of piperidine rings is 1. The summed E-state index contributed by atoms with van der Waals surface area (Å²) in [7, 11) is 0. The van der Waals surface area contributed by atoms with E-state index in [0.717, 1.165) is 16.7 Å². The number of benzene rings is 2. The second-order valence-electron chi connectivity index (χ2n) is 6.16. The summed E-state index contributed by atoms with van der Waals surface area (Å²) in [6.45, 7) is 3.19. The van der Waals surface area contributed by atoms with Crippen molar-refractivity contribution >= 4 is 6.09 Å². The van der Waals surface area contributed by atoms with Crippen molar-refractivity contribution in [2.45, 2.75) is 25.4 Å². The van der Waals surface area contributed by atoms with Crippen LogP contribution in [0.1, 0.15) is 25.3 Å². The fourth-order valence-corrected chi connectivity index (χ4v) is 3.17. The summed E-state index contributed by atoms with van der Waals surface area (Å²) >= 11 is 0. The van der Waals surface area contributed by atoms with Crippen molar-refractivity contribution in [1.82, 2.24) is 4.90 Å². The lowest BCUT2D eigenvalue weighted by Gasteiger charge is -2.38. The number of rotatable bonds is 3. The Morgan fingerprint density at radius 3 is 2.21 bits per heavy atom. The van der Waals surface area contributed by atoms with E-state index in [1.54, 1.807) is 11.8 Å². The molecule has 0 atom stereocenters. The number of hydrogen-bond acceptors (Lipinski definition) is 3.